The molecule has 0 fully saturated rings. The molecule has 0 aliphatic rings. The summed E-state index contributed by atoms with van der Waals surface area (Å²) >= 11 is 7.54. The fraction of sp³-hybridized carbons (Fsp3) is 0.200. The Hall–Kier alpha value is -2.77. The van der Waals surface area contributed by atoms with Crippen molar-refractivity contribution in [3.05, 3.63) is 87.1 Å². The van der Waals surface area contributed by atoms with E-state index in [0.717, 1.165) is 29.8 Å². The lowest BCUT2D eigenvalue weighted by atomic mass is 10.0. The van der Waals surface area contributed by atoms with Gasteiger partial charge in [-0.15, -0.1) is 5.10 Å². The monoisotopic (exact) mass is 411 g/mol. The molecule has 4 rings (SSSR count). The van der Waals surface area contributed by atoms with E-state index in [1.165, 1.54) is 15.9 Å². The van der Waals surface area contributed by atoms with E-state index < -0.39 is 0 Å². The molecular formula is C20H18ClN5OS. The van der Waals surface area contributed by atoms with Crippen molar-refractivity contribution in [2.45, 2.75) is 25.8 Å². The summed E-state index contributed by atoms with van der Waals surface area (Å²) in [5.41, 5.74) is 2.40. The van der Waals surface area contributed by atoms with Gasteiger partial charge < -0.3 is 5.32 Å². The maximum Gasteiger partial charge on any atom is 0.275 e. The average molecular weight is 412 g/mol. The van der Waals surface area contributed by atoms with Gasteiger partial charge >= 0.3 is 0 Å². The molecule has 28 heavy (non-hydrogen) atoms. The van der Waals surface area contributed by atoms with Crippen LogP contribution in [0.15, 0.2) is 59.5 Å². The van der Waals surface area contributed by atoms with Gasteiger partial charge in [-0.1, -0.05) is 54.5 Å². The fourth-order valence-corrected chi connectivity index (χ4v) is 4.03. The molecule has 142 valence electrons. The Kier molecular flexibility index (Phi) is 5.36. The van der Waals surface area contributed by atoms with Crippen LogP contribution in [0.3, 0.4) is 0 Å². The first-order valence-electron chi connectivity index (χ1n) is 8.97. The maximum atomic E-state index is 12.4. The lowest BCUT2D eigenvalue weighted by Gasteiger charge is -2.18. The highest BCUT2D eigenvalue weighted by atomic mass is 35.5. The standard InChI is InChI=1S/C20H18ClN5OS/c1-2-6-15-12-17(27)26-20(23-15)28-19(25-26)24-18(16-9-3-4-10-22-16)13-7-5-8-14(21)11-13/h3-5,7-12,18H,2,6H2,1H3,(H,24,25). The van der Waals surface area contributed by atoms with Gasteiger partial charge in [0.25, 0.3) is 5.56 Å². The first-order chi connectivity index (χ1) is 13.6. The number of pyridine rings is 1. The zero-order valence-corrected chi connectivity index (χ0v) is 16.7. The Morgan fingerprint density at radius 1 is 1.21 bits per heavy atom. The number of benzene rings is 1. The number of halogens is 1. The van der Waals surface area contributed by atoms with E-state index in [1.807, 2.05) is 42.5 Å². The number of anilines is 1. The molecule has 0 aliphatic carbocycles. The number of aryl methyl sites for hydroxylation is 1. The van der Waals surface area contributed by atoms with Crippen LogP contribution in [0.5, 0.6) is 0 Å². The first-order valence-corrected chi connectivity index (χ1v) is 10.2. The minimum atomic E-state index is -0.258. The van der Waals surface area contributed by atoms with Gasteiger partial charge in [-0.25, -0.2) is 4.98 Å². The fourth-order valence-electron chi connectivity index (χ4n) is 2.98. The normalized spacial score (nSPS) is 12.2. The van der Waals surface area contributed by atoms with Crippen LogP contribution >= 0.6 is 22.9 Å². The zero-order valence-electron chi connectivity index (χ0n) is 15.2. The predicted octanol–water partition coefficient (Wildman–Crippen LogP) is 4.35. The third-order valence-corrected chi connectivity index (χ3v) is 5.31. The molecule has 0 saturated carbocycles. The molecule has 0 spiro atoms. The predicted molar refractivity (Wildman–Crippen MR) is 112 cm³/mol. The van der Waals surface area contributed by atoms with Crippen LogP contribution in [-0.4, -0.2) is 19.6 Å². The largest absolute Gasteiger partial charge is 0.348 e. The highest BCUT2D eigenvalue weighted by molar-refractivity contribution is 7.20. The molecule has 6 nitrogen and oxygen atoms in total. The van der Waals surface area contributed by atoms with Crippen molar-refractivity contribution >= 4 is 33.0 Å². The number of rotatable bonds is 6. The van der Waals surface area contributed by atoms with E-state index in [9.17, 15) is 4.79 Å². The van der Waals surface area contributed by atoms with Gasteiger partial charge in [0.2, 0.25) is 10.1 Å². The van der Waals surface area contributed by atoms with Gasteiger partial charge in [-0.3, -0.25) is 9.78 Å². The Labute approximate surface area is 170 Å². The van der Waals surface area contributed by atoms with Crippen LogP contribution in [0.2, 0.25) is 5.02 Å². The number of aromatic nitrogens is 4. The molecule has 1 N–H and O–H groups in total. The summed E-state index contributed by atoms with van der Waals surface area (Å²) in [6, 6.07) is 14.6. The quantitative estimate of drug-likeness (QED) is 0.510. The second-order valence-corrected chi connectivity index (χ2v) is 7.72. The van der Waals surface area contributed by atoms with Crippen molar-refractivity contribution in [1.82, 2.24) is 19.6 Å². The molecule has 1 aromatic carbocycles. The smallest absolute Gasteiger partial charge is 0.275 e. The van der Waals surface area contributed by atoms with Crippen LogP contribution < -0.4 is 10.9 Å². The molecule has 0 amide bonds. The Morgan fingerprint density at radius 3 is 2.86 bits per heavy atom. The highest BCUT2D eigenvalue weighted by Crippen LogP contribution is 2.29. The Balaban J connectivity index is 1.74. The third kappa shape index (κ3) is 3.90. The topological polar surface area (TPSA) is 72.2 Å². The van der Waals surface area contributed by atoms with Crippen molar-refractivity contribution in [3.63, 3.8) is 0 Å². The molecule has 8 heteroatoms. The summed E-state index contributed by atoms with van der Waals surface area (Å²) < 4.78 is 1.33. The number of fused-ring (bicyclic) bond motifs is 1. The van der Waals surface area contributed by atoms with Gasteiger partial charge in [0.1, 0.15) is 0 Å². The van der Waals surface area contributed by atoms with Crippen molar-refractivity contribution in [2.24, 2.45) is 0 Å². The van der Waals surface area contributed by atoms with Crippen molar-refractivity contribution < 1.29 is 0 Å². The third-order valence-electron chi connectivity index (χ3n) is 4.24. The zero-order chi connectivity index (χ0) is 19.5. The number of nitrogens with one attached hydrogen (secondary N) is 1. The van der Waals surface area contributed by atoms with Crippen LogP contribution in [0.4, 0.5) is 5.13 Å². The second kappa shape index (κ2) is 8.08. The average Bonchev–Trinajstić information content (AvgIpc) is 3.10. The SMILES string of the molecule is CCCc1cc(=O)n2nc(NC(c3cccc(Cl)c3)c3ccccn3)sc2n1. The molecule has 0 bridgehead atoms. The van der Waals surface area contributed by atoms with E-state index in [0.29, 0.717) is 15.1 Å². The summed E-state index contributed by atoms with van der Waals surface area (Å²) in [6.07, 6.45) is 3.45. The van der Waals surface area contributed by atoms with E-state index in [-0.39, 0.29) is 11.6 Å². The van der Waals surface area contributed by atoms with E-state index in [2.05, 4.69) is 27.3 Å². The van der Waals surface area contributed by atoms with Crippen molar-refractivity contribution in [1.29, 1.82) is 0 Å². The van der Waals surface area contributed by atoms with E-state index in [1.54, 1.807) is 12.3 Å². The number of nitrogens with zero attached hydrogens (tertiary/aromatic N) is 4. The highest BCUT2D eigenvalue weighted by Gasteiger charge is 2.18. The van der Waals surface area contributed by atoms with Gasteiger partial charge in [0.05, 0.1) is 11.7 Å². The minimum absolute atomic E-state index is 0.171. The summed E-state index contributed by atoms with van der Waals surface area (Å²) in [6.45, 7) is 2.06. The summed E-state index contributed by atoms with van der Waals surface area (Å²) in [4.78, 5) is 22.0. The Bertz CT molecular complexity index is 1160. The molecule has 0 radical (unpaired) electrons. The molecular weight excluding hydrogens is 394 g/mol. The summed E-state index contributed by atoms with van der Waals surface area (Å²) in [5.74, 6) is 0. The lowest BCUT2D eigenvalue weighted by Crippen LogP contribution is -2.17. The van der Waals surface area contributed by atoms with E-state index in [4.69, 9.17) is 11.6 Å². The van der Waals surface area contributed by atoms with Crippen LogP contribution in [0.1, 0.15) is 36.3 Å². The molecule has 0 aliphatic heterocycles. The Morgan fingerprint density at radius 2 is 2.11 bits per heavy atom. The molecule has 3 heterocycles. The van der Waals surface area contributed by atoms with Crippen LogP contribution in [0, 0.1) is 0 Å². The maximum absolute atomic E-state index is 12.4. The van der Waals surface area contributed by atoms with Gasteiger partial charge in [-0.05, 0) is 36.2 Å². The molecule has 1 unspecified atom stereocenters. The summed E-state index contributed by atoms with van der Waals surface area (Å²) in [7, 11) is 0. The number of hydrogen-bond donors (Lipinski definition) is 1. The minimum Gasteiger partial charge on any atom is -0.348 e. The van der Waals surface area contributed by atoms with Crippen LogP contribution in [0.25, 0.3) is 4.96 Å². The van der Waals surface area contributed by atoms with Crippen molar-refractivity contribution in [2.75, 3.05) is 5.32 Å². The molecule has 0 saturated heterocycles. The van der Waals surface area contributed by atoms with Crippen LogP contribution in [-0.2, 0) is 6.42 Å². The first kappa shape index (κ1) is 18.6. The van der Waals surface area contributed by atoms with Crippen molar-refractivity contribution in [3.8, 4) is 0 Å². The van der Waals surface area contributed by atoms with Gasteiger partial charge in [0, 0.05) is 23.0 Å². The van der Waals surface area contributed by atoms with E-state index >= 15 is 0 Å². The van der Waals surface area contributed by atoms with Gasteiger partial charge in [0.15, 0.2) is 0 Å². The number of hydrogen-bond acceptors (Lipinski definition) is 6. The van der Waals surface area contributed by atoms with Gasteiger partial charge in [-0.2, -0.15) is 4.52 Å². The molecule has 3 aromatic heterocycles. The molecule has 1 atom stereocenters. The molecule has 4 aromatic rings. The second-order valence-electron chi connectivity index (χ2n) is 6.32. The summed E-state index contributed by atoms with van der Waals surface area (Å²) in [5, 5.41) is 9.05. The lowest BCUT2D eigenvalue weighted by molar-refractivity contribution is 0.829.